The first kappa shape index (κ1) is 20.7. The van der Waals surface area contributed by atoms with E-state index >= 15 is 0 Å². The molecule has 6 heteroatoms. The average molecular weight is 420 g/mol. The number of aryl methyl sites for hydroxylation is 1. The maximum Gasteiger partial charge on any atom is 0.254 e. The van der Waals surface area contributed by atoms with E-state index in [0.29, 0.717) is 12.0 Å². The normalized spacial score (nSPS) is 15.3. The highest BCUT2D eigenvalue weighted by Crippen LogP contribution is 2.21. The summed E-state index contributed by atoms with van der Waals surface area (Å²) in [5, 5.41) is 4.19. The first-order valence-electron chi connectivity index (χ1n) is 10.1. The number of halogens is 2. The van der Waals surface area contributed by atoms with Crippen LogP contribution in [0.5, 0.6) is 0 Å². The first-order valence-corrected chi connectivity index (χ1v) is 10.1. The van der Waals surface area contributed by atoms with Gasteiger partial charge in [0.1, 0.15) is 11.6 Å². The molecule has 0 aliphatic carbocycles. The smallest absolute Gasteiger partial charge is 0.254 e. The minimum absolute atomic E-state index is 0.0434. The second-order valence-electron chi connectivity index (χ2n) is 7.62. The fraction of sp³-hybridized carbons (Fsp3) is 0.200. The van der Waals surface area contributed by atoms with Gasteiger partial charge in [-0.2, -0.15) is 0 Å². The van der Waals surface area contributed by atoms with E-state index in [1.807, 2.05) is 31.2 Å². The lowest BCUT2D eigenvalue weighted by atomic mass is 10.0. The maximum atomic E-state index is 14.3. The van der Waals surface area contributed by atoms with E-state index in [1.165, 1.54) is 29.2 Å². The summed E-state index contributed by atoms with van der Waals surface area (Å²) in [6.45, 7) is 2.25. The van der Waals surface area contributed by atoms with Crippen LogP contribution in [0, 0.1) is 18.6 Å². The van der Waals surface area contributed by atoms with E-state index < -0.39 is 17.5 Å². The van der Waals surface area contributed by atoms with E-state index in [4.69, 9.17) is 4.84 Å². The van der Waals surface area contributed by atoms with E-state index in [2.05, 4.69) is 5.16 Å². The molecule has 158 valence electrons. The van der Waals surface area contributed by atoms with Gasteiger partial charge in [-0.1, -0.05) is 59.3 Å². The minimum atomic E-state index is -0.501. The summed E-state index contributed by atoms with van der Waals surface area (Å²) in [6, 6.07) is 19.7. The second-order valence-corrected chi connectivity index (χ2v) is 7.62. The Morgan fingerprint density at radius 1 is 1.06 bits per heavy atom. The van der Waals surface area contributed by atoms with Gasteiger partial charge in [-0.3, -0.25) is 4.79 Å². The quantitative estimate of drug-likeness (QED) is 0.556. The topological polar surface area (TPSA) is 41.9 Å². The molecule has 1 aliphatic heterocycles. The number of nitrogens with zero attached hydrogens (tertiary/aromatic N) is 2. The maximum absolute atomic E-state index is 14.3. The van der Waals surface area contributed by atoms with Gasteiger partial charge in [0.05, 0.1) is 12.3 Å². The molecule has 1 aliphatic rings. The van der Waals surface area contributed by atoms with Crippen molar-refractivity contribution < 1.29 is 18.4 Å². The molecule has 4 nitrogen and oxygen atoms in total. The van der Waals surface area contributed by atoms with Crippen LogP contribution in [0.2, 0.25) is 0 Å². The molecule has 1 heterocycles. The highest BCUT2D eigenvalue weighted by atomic mass is 19.1. The molecule has 31 heavy (non-hydrogen) atoms. The summed E-state index contributed by atoms with van der Waals surface area (Å²) in [4.78, 5) is 20.2. The summed E-state index contributed by atoms with van der Waals surface area (Å²) >= 11 is 0. The summed E-state index contributed by atoms with van der Waals surface area (Å²) < 4.78 is 27.9. The number of amides is 1. The zero-order valence-electron chi connectivity index (χ0n) is 17.1. The van der Waals surface area contributed by atoms with Crippen molar-refractivity contribution in [2.45, 2.75) is 26.0 Å². The Balaban J connectivity index is 1.53. The molecule has 0 aromatic heterocycles. The number of hydrogen-bond donors (Lipinski definition) is 0. The number of rotatable bonds is 6. The van der Waals surface area contributed by atoms with E-state index in [9.17, 15) is 13.6 Å². The molecule has 3 aromatic rings. The van der Waals surface area contributed by atoms with Crippen molar-refractivity contribution in [3.05, 3.63) is 107 Å². The first-order chi connectivity index (χ1) is 15.0. The summed E-state index contributed by atoms with van der Waals surface area (Å²) in [5.41, 5.74) is 3.50. The van der Waals surface area contributed by atoms with Crippen molar-refractivity contribution in [3.63, 3.8) is 0 Å². The van der Waals surface area contributed by atoms with Crippen LogP contribution in [0.4, 0.5) is 8.78 Å². The minimum Gasteiger partial charge on any atom is -0.390 e. The molecule has 1 amide bonds. The zero-order valence-corrected chi connectivity index (χ0v) is 17.1. The SMILES string of the molecule is Cc1ccc(C2=NO[C@@H](CN(Cc3ccccc3F)C(=O)c3cccc(F)c3)C2)cc1. The predicted octanol–water partition coefficient (Wildman–Crippen LogP) is 5.11. The molecule has 0 radical (unpaired) electrons. The molecule has 0 N–H and O–H groups in total. The Hall–Kier alpha value is -3.54. The van der Waals surface area contributed by atoms with Gasteiger partial charge >= 0.3 is 0 Å². The molecule has 4 rings (SSSR count). The largest absolute Gasteiger partial charge is 0.390 e. The van der Waals surface area contributed by atoms with Gasteiger partial charge < -0.3 is 9.74 Å². The van der Waals surface area contributed by atoms with Gasteiger partial charge in [-0.25, -0.2) is 8.78 Å². The Kier molecular flexibility index (Phi) is 6.07. The third kappa shape index (κ3) is 4.97. The van der Waals surface area contributed by atoms with Crippen LogP contribution >= 0.6 is 0 Å². The summed E-state index contributed by atoms with van der Waals surface area (Å²) in [7, 11) is 0. The lowest BCUT2D eigenvalue weighted by Crippen LogP contribution is -2.37. The Morgan fingerprint density at radius 2 is 1.84 bits per heavy atom. The second kappa shape index (κ2) is 9.08. The Bertz CT molecular complexity index is 1110. The third-order valence-corrected chi connectivity index (χ3v) is 5.22. The van der Waals surface area contributed by atoms with Gasteiger partial charge in [0.25, 0.3) is 5.91 Å². The van der Waals surface area contributed by atoms with E-state index in [-0.39, 0.29) is 24.8 Å². The molecule has 0 saturated carbocycles. The number of carbonyl (C=O) groups excluding carboxylic acids is 1. The molecule has 0 spiro atoms. The Labute approximate surface area is 179 Å². The fourth-order valence-corrected chi connectivity index (χ4v) is 3.54. The standard InChI is InChI=1S/C25H22F2N2O2/c1-17-9-11-18(12-10-17)24-14-22(31-28-24)16-29(15-20-5-2-3-8-23(20)27)25(30)19-6-4-7-21(26)13-19/h2-13,22H,14-16H2,1H3/t22-/m1/s1. The van der Waals surface area contributed by atoms with Gasteiger partial charge in [0.15, 0.2) is 6.10 Å². The average Bonchev–Trinajstić information content (AvgIpc) is 3.23. The van der Waals surface area contributed by atoms with Crippen molar-refractivity contribution >= 4 is 11.6 Å². The monoisotopic (exact) mass is 420 g/mol. The van der Waals surface area contributed by atoms with Crippen LogP contribution in [0.3, 0.4) is 0 Å². The summed E-state index contributed by atoms with van der Waals surface area (Å²) in [5.74, 6) is -1.29. The Morgan fingerprint density at radius 3 is 2.58 bits per heavy atom. The molecule has 1 atom stereocenters. The van der Waals surface area contributed by atoms with Gasteiger partial charge in [0.2, 0.25) is 0 Å². The van der Waals surface area contributed by atoms with Crippen LogP contribution in [-0.2, 0) is 11.4 Å². The van der Waals surface area contributed by atoms with Crippen molar-refractivity contribution in [2.24, 2.45) is 5.16 Å². The van der Waals surface area contributed by atoms with Crippen LogP contribution in [0.1, 0.15) is 33.5 Å². The molecule has 0 fully saturated rings. The number of hydrogen-bond acceptors (Lipinski definition) is 3. The van der Waals surface area contributed by atoms with Crippen molar-refractivity contribution in [1.82, 2.24) is 4.90 Å². The number of benzene rings is 3. The third-order valence-electron chi connectivity index (χ3n) is 5.22. The van der Waals surface area contributed by atoms with Crippen LogP contribution in [0.15, 0.2) is 78.0 Å². The van der Waals surface area contributed by atoms with Gasteiger partial charge in [-0.15, -0.1) is 0 Å². The van der Waals surface area contributed by atoms with Crippen molar-refractivity contribution in [3.8, 4) is 0 Å². The van der Waals surface area contributed by atoms with Crippen LogP contribution in [0.25, 0.3) is 0 Å². The molecule has 0 bridgehead atoms. The lowest BCUT2D eigenvalue weighted by molar-refractivity contribution is 0.0402. The summed E-state index contributed by atoms with van der Waals surface area (Å²) in [6.07, 6.45) is 0.147. The van der Waals surface area contributed by atoms with Gasteiger partial charge in [0, 0.05) is 24.1 Å². The number of oxime groups is 1. The molecule has 0 unspecified atom stereocenters. The fourth-order valence-electron chi connectivity index (χ4n) is 3.54. The van der Waals surface area contributed by atoms with Crippen LogP contribution in [-0.4, -0.2) is 29.2 Å². The van der Waals surface area contributed by atoms with E-state index in [0.717, 1.165) is 16.8 Å². The van der Waals surface area contributed by atoms with Crippen molar-refractivity contribution in [2.75, 3.05) is 6.54 Å². The molecule has 0 saturated heterocycles. The predicted molar refractivity (Wildman–Crippen MR) is 115 cm³/mol. The number of carbonyl (C=O) groups is 1. The molecular formula is C25H22F2N2O2. The van der Waals surface area contributed by atoms with E-state index in [1.54, 1.807) is 24.3 Å². The van der Waals surface area contributed by atoms with Gasteiger partial charge in [-0.05, 0) is 36.8 Å². The lowest BCUT2D eigenvalue weighted by Gasteiger charge is -2.25. The molecule has 3 aromatic carbocycles. The van der Waals surface area contributed by atoms with Crippen LogP contribution < -0.4 is 0 Å². The highest BCUT2D eigenvalue weighted by molar-refractivity contribution is 6.01. The van der Waals surface area contributed by atoms with Crippen molar-refractivity contribution in [1.29, 1.82) is 0 Å². The molecular weight excluding hydrogens is 398 g/mol. The zero-order chi connectivity index (χ0) is 21.8. The highest BCUT2D eigenvalue weighted by Gasteiger charge is 2.28.